The zero-order chi connectivity index (χ0) is 31.7. The van der Waals surface area contributed by atoms with Crippen LogP contribution in [0, 0.1) is 0 Å². The number of hydrogen-bond acceptors (Lipinski definition) is 9. The van der Waals surface area contributed by atoms with E-state index in [9.17, 15) is 32.7 Å². The van der Waals surface area contributed by atoms with E-state index in [1.165, 1.54) is 42.5 Å². The standard InChI is InChI=1S/C30H25ClN4O8S/c31-24-16-20(28(38)32-13-14-43-23-7-2-1-3-8-23)10-12-27(24)44(41,42)35-29(39)21-9-11-25(33-17-21)30(40)34-18-26(37)19-5-4-6-22(36)15-19/h1-12,15-17,36H,13-14,18H2,(H,32,38)(H,34,40)(H,35,39). The third kappa shape index (κ3) is 8.40. The number of rotatable bonds is 12. The van der Waals surface area contributed by atoms with Crippen molar-refractivity contribution in [3.05, 3.63) is 119 Å². The van der Waals surface area contributed by atoms with Gasteiger partial charge < -0.3 is 20.5 Å². The first kappa shape index (κ1) is 31.7. The number of benzene rings is 3. The maximum absolute atomic E-state index is 12.9. The number of sulfonamides is 1. The molecule has 3 amide bonds. The van der Waals surface area contributed by atoms with Gasteiger partial charge in [0.25, 0.3) is 27.7 Å². The van der Waals surface area contributed by atoms with Gasteiger partial charge in [-0.25, -0.2) is 13.1 Å². The van der Waals surface area contributed by atoms with Gasteiger partial charge in [-0.05, 0) is 54.6 Å². The number of hydrogen-bond donors (Lipinski definition) is 4. The van der Waals surface area contributed by atoms with Gasteiger partial charge in [0.1, 0.15) is 28.7 Å². The van der Waals surface area contributed by atoms with Gasteiger partial charge in [0.05, 0.1) is 23.7 Å². The molecular weight excluding hydrogens is 612 g/mol. The molecule has 0 fully saturated rings. The number of amides is 3. The second-order valence-electron chi connectivity index (χ2n) is 9.09. The van der Waals surface area contributed by atoms with Crippen molar-refractivity contribution < 1.29 is 37.4 Å². The number of nitrogens with zero attached hydrogens (tertiary/aromatic N) is 1. The fourth-order valence-corrected chi connectivity index (χ4v) is 5.26. The molecule has 44 heavy (non-hydrogen) atoms. The predicted octanol–water partition coefficient (Wildman–Crippen LogP) is 2.98. The maximum atomic E-state index is 12.9. The lowest BCUT2D eigenvalue weighted by molar-refractivity contribution is 0.0900. The third-order valence-corrected chi connectivity index (χ3v) is 7.76. The van der Waals surface area contributed by atoms with Crippen LogP contribution >= 0.6 is 11.6 Å². The van der Waals surface area contributed by atoms with Crippen LogP contribution in [0.15, 0.2) is 96.0 Å². The summed E-state index contributed by atoms with van der Waals surface area (Å²) in [6, 6.07) is 20.5. The van der Waals surface area contributed by atoms with Gasteiger partial charge in [0.15, 0.2) is 5.78 Å². The molecule has 0 aliphatic rings. The lowest BCUT2D eigenvalue weighted by atomic mass is 10.1. The third-order valence-electron chi connectivity index (χ3n) is 5.95. The van der Waals surface area contributed by atoms with Crippen molar-refractivity contribution in [3.8, 4) is 11.5 Å². The molecule has 3 aromatic carbocycles. The summed E-state index contributed by atoms with van der Waals surface area (Å²) < 4.78 is 33.1. The summed E-state index contributed by atoms with van der Waals surface area (Å²) >= 11 is 6.15. The molecule has 0 radical (unpaired) electrons. The Bertz CT molecular complexity index is 1800. The minimum Gasteiger partial charge on any atom is -0.508 e. The number of ether oxygens (including phenoxy) is 1. The van der Waals surface area contributed by atoms with Crippen LogP contribution in [0.4, 0.5) is 0 Å². The maximum Gasteiger partial charge on any atom is 0.270 e. The van der Waals surface area contributed by atoms with Gasteiger partial charge in [-0.1, -0.05) is 41.9 Å². The van der Waals surface area contributed by atoms with E-state index in [0.717, 1.165) is 18.3 Å². The Morgan fingerprint density at radius 2 is 1.55 bits per heavy atom. The Morgan fingerprint density at radius 1 is 0.795 bits per heavy atom. The molecule has 1 aromatic heterocycles. The van der Waals surface area contributed by atoms with Crippen molar-refractivity contribution in [2.75, 3.05) is 19.7 Å². The van der Waals surface area contributed by atoms with E-state index in [-0.39, 0.29) is 52.9 Å². The summed E-state index contributed by atoms with van der Waals surface area (Å²) in [4.78, 5) is 53.1. The molecule has 0 saturated heterocycles. The minimum atomic E-state index is -4.45. The number of Topliss-reactive ketones (excluding diaryl/α,β-unsaturated/α-hetero) is 1. The van der Waals surface area contributed by atoms with E-state index in [2.05, 4.69) is 15.6 Å². The molecule has 12 nitrogen and oxygen atoms in total. The second kappa shape index (κ2) is 14.3. The smallest absolute Gasteiger partial charge is 0.270 e. The van der Waals surface area contributed by atoms with Crippen LogP contribution in [0.25, 0.3) is 0 Å². The normalized spacial score (nSPS) is 10.8. The highest BCUT2D eigenvalue weighted by molar-refractivity contribution is 7.90. The summed E-state index contributed by atoms with van der Waals surface area (Å²) in [7, 11) is -4.45. The molecule has 4 rings (SSSR count). The number of aromatic nitrogens is 1. The van der Waals surface area contributed by atoms with Crippen LogP contribution in [0.5, 0.6) is 11.5 Å². The summed E-state index contributed by atoms with van der Waals surface area (Å²) in [6.45, 7) is 0.0318. The largest absolute Gasteiger partial charge is 0.508 e. The Kier molecular flexibility index (Phi) is 10.3. The Hall–Kier alpha value is -5.27. The van der Waals surface area contributed by atoms with Crippen molar-refractivity contribution in [1.82, 2.24) is 20.3 Å². The molecule has 0 spiro atoms. The van der Waals surface area contributed by atoms with Crippen LogP contribution in [-0.2, 0) is 10.0 Å². The van der Waals surface area contributed by atoms with Gasteiger partial charge >= 0.3 is 0 Å². The van der Waals surface area contributed by atoms with Crippen LogP contribution in [0.1, 0.15) is 41.6 Å². The molecule has 0 aliphatic heterocycles. The Balaban J connectivity index is 1.30. The summed E-state index contributed by atoms with van der Waals surface area (Å²) in [5.74, 6) is -2.15. The van der Waals surface area contributed by atoms with E-state index in [0.29, 0.717) is 5.75 Å². The van der Waals surface area contributed by atoms with E-state index < -0.39 is 38.4 Å². The van der Waals surface area contributed by atoms with Gasteiger partial charge in [0, 0.05) is 17.3 Å². The van der Waals surface area contributed by atoms with Crippen LogP contribution in [0.3, 0.4) is 0 Å². The van der Waals surface area contributed by atoms with Crippen LogP contribution < -0.4 is 20.1 Å². The first-order valence-corrected chi connectivity index (χ1v) is 14.8. The molecule has 226 valence electrons. The predicted molar refractivity (Wildman–Crippen MR) is 159 cm³/mol. The fraction of sp³-hybridized carbons (Fsp3) is 0.100. The molecule has 14 heteroatoms. The van der Waals surface area contributed by atoms with E-state index >= 15 is 0 Å². The number of carbonyl (C=O) groups excluding carboxylic acids is 4. The van der Waals surface area contributed by atoms with Crippen molar-refractivity contribution >= 4 is 45.1 Å². The number of halogens is 1. The highest BCUT2D eigenvalue weighted by atomic mass is 35.5. The summed E-state index contributed by atoms with van der Waals surface area (Å²) in [6.07, 6.45) is 0.993. The first-order chi connectivity index (χ1) is 21.0. The highest BCUT2D eigenvalue weighted by Crippen LogP contribution is 2.23. The fourth-order valence-electron chi connectivity index (χ4n) is 3.74. The molecule has 4 aromatic rings. The molecular formula is C30H25ClN4O8S. The lowest BCUT2D eigenvalue weighted by Gasteiger charge is -2.11. The number of phenols is 1. The van der Waals surface area contributed by atoms with Crippen molar-refractivity contribution in [1.29, 1.82) is 0 Å². The lowest BCUT2D eigenvalue weighted by Crippen LogP contribution is -2.32. The highest BCUT2D eigenvalue weighted by Gasteiger charge is 2.23. The Labute approximate surface area is 257 Å². The molecule has 4 N–H and O–H groups in total. The van der Waals surface area contributed by atoms with Gasteiger partial charge in [-0.15, -0.1) is 0 Å². The molecule has 1 heterocycles. The monoisotopic (exact) mass is 636 g/mol. The van der Waals surface area contributed by atoms with E-state index in [1.807, 2.05) is 22.9 Å². The van der Waals surface area contributed by atoms with Crippen molar-refractivity contribution in [3.63, 3.8) is 0 Å². The average molecular weight is 637 g/mol. The molecule has 0 aliphatic carbocycles. The minimum absolute atomic E-state index is 0.0944. The number of nitrogens with one attached hydrogen (secondary N) is 3. The van der Waals surface area contributed by atoms with Gasteiger partial charge in [0.2, 0.25) is 0 Å². The number of ketones is 1. The zero-order valence-electron chi connectivity index (χ0n) is 22.8. The molecule has 0 bridgehead atoms. The quantitative estimate of drug-likeness (QED) is 0.134. The first-order valence-electron chi connectivity index (χ1n) is 12.9. The zero-order valence-corrected chi connectivity index (χ0v) is 24.4. The second-order valence-corrected chi connectivity index (χ2v) is 11.1. The Morgan fingerprint density at radius 3 is 2.23 bits per heavy atom. The number of aromatic hydroxyl groups is 1. The van der Waals surface area contributed by atoms with Gasteiger partial charge in [-0.3, -0.25) is 24.2 Å². The average Bonchev–Trinajstić information content (AvgIpc) is 3.01. The van der Waals surface area contributed by atoms with Gasteiger partial charge in [-0.2, -0.15) is 0 Å². The SMILES string of the molecule is O=C(CNC(=O)c1ccc(C(=O)NS(=O)(=O)c2ccc(C(=O)NCCOc3ccccc3)cc2Cl)cn1)c1cccc(O)c1. The number of pyridine rings is 1. The number of para-hydroxylation sites is 1. The van der Waals surface area contributed by atoms with Crippen LogP contribution in [-0.4, -0.2) is 61.7 Å². The van der Waals surface area contributed by atoms with E-state index in [4.69, 9.17) is 16.3 Å². The molecule has 0 unspecified atom stereocenters. The van der Waals surface area contributed by atoms with Crippen molar-refractivity contribution in [2.45, 2.75) is 4.90 Å². The number of carbonyl (C=O) groups is 4. The molecule has 0 atom stereocenters. The van der Waals surface area contributed by atoms with E-state index in [1.54, 1.807) is 12.1 Å². The van der Waals surface area contributed by atoms with Crippen LogP contribution in [0.2, 0.25) is 5.02 Å². The summed E-state index contributed by atoms with van der Waals surface area (Å²) in [5.41, 5.74) is -0.00161. The summed E-state index contributed by atoms with van der Waals surface area (Å²) in [5, 5.41) is 14.2. The topological polar surface area (TPSA) is 181 Å². The number of phenolic OH excluding ortho intramolecular Hbond substituents is 1. The molecule has 0 saturated carbocycles. The van der Waals surface area contributed by atoms with Crippen molar-refractivity contribution in [2.24, 2.45) is 0 Å².